The van der Waals surface area contributed by atoms with Crippen molar-refractivity contribution in [3.05, 3.63) is 87.3 Å². The van der Waals surface area contributed by atoms with Crippen LogP contribution in [0.5, 0.6) is 0 Å². The zero-order chi connectivity index (χ0) is 26.7. The number of methoxy groups -OCH3 is 2. The van der Waals surface area contributed by atoms with Gasteiger partial charge in [-0.3, -0.25) is 14.5 Å². The normalized spacial score (nSPS) is 13.2. The van der Waals surface area contributed by atoms with Gasteiger partial charge in [0.25, 0.3) is 11.8 Å². The SMILES string of the molecule is COC(=O)c1sc(N)c(C(=O)OC)c1COC(=O)[C@H](Cc1ccccc1)N1C(=O)c2ccccc2C1=O. The predicted molar refractivity (Wildman–Crippen MR) is 132 cm³/mol. The second-order valence-electron chi connectivity index (χ2n) is 7.97. The van der Waals surface area contributed by atoms with Gasteiger partial charge >= 0.3 is 17.9 Å². The van der Waals surface area contributed by atoms with Crippen molar-refractivity contribution in [1.82, 2.24) is 4.90 Å². The third-order valence-electron chi connectivity index (χ3n) is 5.83. The zero-order valence-corrected chi connectivity index (χ0v) is 20.7. The third kappa shape index (κ3) is 4.81. The molecule has 0 saturated carbocycles. The molecule has 4 rings (SSSR count). The second kappa shape index (κ2) is 10.6. The zero-order valence-electron chi connectivity index (χ0n) is 19.9. The summed E-state index contributed by atoms with van der Waals surface area (Å²) >= 11 is 0.790. The van der Waals surface area contributed by atoms with Crippen LogP contribution in [0, 0.1) is 0 Å². The number of rotatable bonds is 8. The quantitative estimate of drug-likeness (QED) is 0.268. The van der Waals surface area contributed by atoms with Crippen molar-refractivity contribution in [2.24, 2.45) is 0 Å². The lowest BCUT2D eigenvalue weighted by atomic mass is 10.0. The molecule has 0 spiro atoms. The number of nitrogen functional groups attached to an aromatic ring is 1. The average Bonchev–Trinajstić information content (AvgIpc) is 3.38. The highest BCUT2D eigenvalue weighted by molar-refractivity contribution is 7.18. The Morgan fingerprint density at radius 1 is 0.892 bits per heavy atom. The van der Waals surface area contributed by atoms with Crippen molar-refractivity contribution < 1.29 is 38.2 Å². The number of nitrogens with two attached hydrogens (primary N) is 1. The van der Waals surface area contributed by atoms with E-state index in [4.69, 9.17) is 19.9 Å². The number of hydrogen-bond donors (Lipinski definition) is 1. The third-order valence-corrected chi connectivity index (χ3v) is 6.88. The van der Waals surface area contributed by atoms with Crippen molar-refractivity contribution in [2.45, 2.75) is 19.1 Å². The van der Waals surface area contributed by atoms with Gasteiger partial charge in [0.2, 0.25) is 0 Å². The minimum absolute atomic E-state index is 0.00929. The van der Waals surface area contributed by atoms with E-state index in [0.717, 1.165) is 30.5 Å². The number of fused-ring (bicyclic) bond motifs is 1. The number of nitrogens with zero attached hydrogens (tertiary/aromatic N) is 1. The number of benzene rings is 2. The fourth-order valence-corrected chi connectivity index (χ4v) is 5.03. The van der Waals surface area contributed by atoms with Gasteiger partial charge in [-0.2, -0.15) is 0 Å². The first-order valence-electron chi connectivity index (χ1n) is 11.0. The number of hydrogen-bond acceptors (Lipinski definition) is 10. The summed E-state index contributed by atoms with van der Waals surface area (Å²) < 4.78 is 15.0. The molecule has 190 valence electrons. The van der Waals surface area contributed by atoms with Crippen molar-refractivity contribution in [1.29, 1.82) is 0 Å². The summed E-state index contributed by atoms with van der Waals surface area (Å²) in [4.78, 5) is 65.2. The number of thiophene rings is 1. The number of ether oxygens (including phenoxy) is 3. The molecule has 1 aromatic heterocycles. The van der Waals surface area contributed by atoms with Crippen molar-refractivity contribution >= 4 is 46.1 Å². The molecule has 2 aromatic carbocycles. The molecule has 3 aromatic rings. The van der Waals surface area contributed by atoms with Crippen molar-refractivity contribution in [2.75, 3.05) is 20.0 Å². The first kappa shape index (κ1) is 25.6. The lowest BCUT2D eigenvalue weighted by Gasteiger charge is -2.25. The van der Waals surface area contributed by atoms with Gasteiger partial charge in [-0.1, -0.05) is 42.5 Å². The molecule has 1 atom stereocenters. The lowest BCUT2D eigenvalue weighted by Crippen LogP contribution is -2.47. The van der Waals surface area contributed by atoms with Crippen LogP contribution < -0.4 is 5.73 Å². The summed E-state index contributed by atoms with van der Waals surface area (Å²) in [5, 5.41) is -0.0144. The van der Waals surface area contributed by atoms with Gasteiger partial charge < -0.3 is 19.9 Å². The van der Waals surface area contributed by atoms with Gasteiger partial charge in [0, 0.05) is 12.0 Å². The Morgan fingerprint density at radius 2 is 1.46 bits per heavy atom. The number of carbonyl (C=O) groups is 5. The number of amides is 2. The van der Waals surface area contributed by atoms with Gasteiger partial charge in [0.15, 0.2) is 0 Å². The molecule has 37 heavy (non-hydrogen) atoms. The van der Waals surface area contributed by atoms with E-state index in [1.807, 2.05) is 0 Å². The van der Waals surface area contributed by atoms with Crippen LogP contribution in [-0.4, -0.2) is 54.9 Å². The maximum absolute atomic E-state index is 13.4. The molecule has 0 unspecified atom stereocenters. The first-order valence-corrected chi connectivity index (χ1v) is 11.8. The Labute approximate surface area is 215 Å². The monoisotopic (exact) mass is 522 g/mol. The van der Waals surface area contributed by atoms with Crippen LogP contribution in [0.4, 0.5) is 5.00 Å². The van der Waals surface area contributed by atoms with Gasteiger partial charge in [0.05, 0.1) is 25.3 Å². The molecule has 11 heteroatoms. The van der Waals surface area contributed by atoms with Crippen LogP contribution in [0.1, 0.15) is 51.9 Å². The largest absolute Gasteiger partial charge is 0.465 e. The molecule has 2 amide bonds. The highest BCUT2D eigenvalue weighted by atomic mass is 32.1. The van der Waals surface area contributed by atoms with E-state index >= 15 is 0 Å². The molecule has 2 N–H and O–H groups in total. The fraction of sp³-hybridized carbons (Fsp3) is 0.192. The highest BCUT2D eigenvalue weighted by Gasteiger charge is 2.43. The molecule has 0 aliphatic carbocycles. The van der Waals surface area contributed by atoms with E-state index in [0.29, 0.717) is 5.56 Å². The van der Waals surface area contributed by atoms with Gasteiger partial charge in [-0.05, 0) is 17.7 Å². The average molecular weight is 523 g/mol. The Balaban J connectivity index is 1.67. The van der Waals surface area contributed by atoms with Crippen LogP contribution in [0.25, 0.3) is 0 Å². The van der Waals surface area contributed by atoms with Crippen molar-refractivity contribution in [3.63, 3.8) is 0 Å². The Hall–Kier alpha value is -4.51. The standard InChI is InChI=1S/C26H22N2O8S/c1-34-25(32)19-17(20(26(33)35-2)37-21(19)27)13-36-24(31)18(12-14-8-4-3-5-9-14)28-22(29)15-10-6-7-11-16(15)23(28)30/h3-11,18H,12-13,27H2,1-2H3/t18-/m0/s1. The van der Waals surface area contributed by atoms with Gasteiger partial charge in [-0.25, -0.2) is 14.4 Å². The summed E-state index contributed by atoms with van der Waals surface area (Å²) in [6.07, 6.45) is -0.00929. The molecule has 0 bridgehead atoms. The van der Waals surface area contributed by atoms with E-state index in [9.17, 15) is 24.0 Å². The molecule has 1 aliphatic rings. The summed E-state index contributed by atoms with van der Waals surface area (Å²) in [5.41, 5.74) is 6.88. The minimum Gasteiger partial charge on any atom is -0.465 e. The van der Waals surface area contributed by atoms with E-state index in [-0.39, 0.29) is 38.6 Å². The summed E-state index contributed by atoms with van der Waals surface area (Å²) in [6.45, 7) is -0.546. The van der Waals surface area contributed by atoms with Gasteiger partial charge in [0.1, 0.15) is 28.1 Å². The van der Waals surface area contributed by atoms with E-state index in [1.54, 1.807) is 42.5 Å². The smallest absolute Gasteiger partial charge is 0.348 e. The van der Waals surface area contributed by atoms with Crippen LogP contribution >= 0.6 is 11.3 Å². The van der Waals surface area contributed by atoms with Crippen LogP contribution in [-0.2, 0) is 32.0 Å². The van der Waals surface area contributed by atoms with Crippen LogP contribution in [0.15, 0.2) is 54.6 Å². The number of anilines is 1. The maximum atomic E-state index is 13.4. The molecular weight excluding hydrogens is 500 g/mol. The molecule has 2 heterocycles. The minimum atomic E-state index is -1.31. The Morgan fingerprint density at radius 3 is 2.03 bits per heavy atom. The van der Waals surface area contributed by atoms with Gasteiger partial charge in [-0.15, -0.1) is 11.3 Å². The fourth-order valence-electron chi connectivity index (χ4n) is 4.05. The molecule has 0 saturated heterocycles. The lowest BCUT2D eigenvalue weighted by molar-refractivity contribution is -0.149. The second-order valence-corrected chi connectivity index (χ2v) is 9.02. The maximum Gasteiger partial charge on any atom is 0.348 e. The van der Waals surface area contributed by atoms with Crippen LogP contribution in [0.2, 0.25) is 0 Å². The summed E-state index contributed by atoms with van der Waals surface area (Å²) in [6, 6.07) is 13.8. The predicted octanol–water partition coefficient (Wildman–Crippen LogP) is 2.85. The Kier molecular flexibility index (Phi) is 7.35. The van der Waals surface area contributed by atoms with Crippen LogP contribution in [0.3, 0.4) is 0 Å². The number of carbonyl (C=O) groups excluding carboxylic acids is 5. The summed E-state index contributed by atoms with van der Waals surface area (Å²) in [5.74, 6) is -3.75. The molecular formula is C26H22N2O8S. The molecule has 10 nitrogen and oxygen atoms in total. The highest BCUT2D eigenvalue weighted by Crippen LogP contribution is 2.33. The topological polar surface area (TPSA) is 142 Å². The summed E-state index contributed by atoms with van der Waals surface area (Å²) in [7, 11) is 2.30. The first-order chi connectivity index (χ1) is 17.8. The van der Waals surface area contributed by atoms with E-state index in [2.05, 4.69) is 0 Å². The number of imide groups is 1. The molecule has 0 fully saturated rings. The molecule has 1 aliphatic heterocycles. The van der Waals surface area contributed by atoms with Crippen molar-refractivity contribution in [3.8, 4) is 0 Å². The number of esters is 3. The van der Waals surface area contributed by atoms with E-state index in [1.165, 1.54) is 12.1 Å². The molecule has 0 radical (unpaired) electrons. The van der Waals surface area contributed by atoms with E-state index < -0.39 is 42.4 Å². The Bertz CT molecular complexity index is 1360.